The molecule has 0 amide bonds. The Morgan fingerprint density at radius 3 is 1.52 bits per heavy atom. The Morgan fingerprint density at radius 2 is 0.938 bits per heavy atom. The van der Waals surface area contributed by atoms with Crippen LogP contribution in [0.25, 0.3) is 66.1 Å². The molecule has 0 aliphatic heterocycles. The summed E-state index contributed by atoms with van der Waals surface area (Å²) in [7, 11) is 0. The second kappa shape index (κ2) is 10.5. The maximum absolute atomic E-state index is 16.0. The molecule has 0 spiro atoms. The highest BCUT2D eigenvalue weighted by atomic mass is 19.4. The van der Waals surface area contributed by atoms with Gasteiger partial charge in [-0.05, 0) is 67.9 Å². The Kier molecular flexibility index (Phi) is 6.54. The van der Waals surface area contributed by atoms with E-state index in [2.05, 4.69) is 0 Å². The molecule has 238 valence electrons. The molecule has 8 aromatic rings. The van der Waals surface area contributed by atoms with Gasteiger partial charge in [0.1, 0.15) is 5.56 Å². The molecule has 0 radical (unpaired) electrons. The van der Waals surface area contributed by atoms with Crippen LogP contribution in [0.3, 0.4) is 0 Å². The van der Waals surface area contributed by atoms with Crippen molar-refractivity contribution in [1.82, 2.24) is 9.13 Å². The first kappa shape index (κ1) is 29.9. The number of para-hydroxylation sites is 2. The minimum absolute atomic E-state index is 0.182. The lowest BCUT2D eigenvalue weighted by Gasteiger charge is -2.25. The van der Waals surface area contributed by atoms with E-state index in [1.807, 2.05) is 50.2 Å². The Labute approximate surface area is 271 Å². The van der Waals surface area contributed by atoms with Gasteiger partial charge in [0, 0.05) is 27.1 Å². The van der Waals surface area contributed by atoms with Gasteiger partial charge in [0.25, 0.3) is 0 Å². The van der Waals surface area contributed by atoms with Crippen LogP contribution in [-0.2, 0) is 12.4 Å². The van der Waals surface area contributed by atoms with Crippen LogP contribution in [0, 0.1) is 13.8 Å². The number of benzene rings is 6. The third-order valence-electron chi connectivity index (χ3n) is 9.08. The molecule has 2 aromatic heterocycles. The van der Waals surface area contributed by atoms with Crippen LogP contribution in [-0.4, -0.2) is 9.13 Å². The van der Waals surface area contributed by atoms with Crippen molar-refractivity contribution in [3.8, 4) is 22.5 Å². The van der Waals surface area contributed by atoms with Gasteiger partial charge in [-0.1, -0.05) is 83.9 Å². The Hall–Kier alpha value is -5.50. The number of hydrogen-bond acceptors (Lipinski definition) is 0. The van der Waals surface area contributed by atoms with Crippen molar-refractivity contribution >= 4 is 43.6 Å². The van der Waals surface area contributed by atoms with Crippen LogP contribution in [0.5, 0.6) is 0 Å². The molecule has 0 saturated carbocycles. The number of alkyl halides is 6. The summed E-state index contributed by atoms with van der Waals surface area (Å²) in [4.78, 5) is 0. The van der Waals surface area contributed by atoms with E-state index in [4.69, 9.17) is 0 Å². The fourth-order valence-corrected chi connectivity index (χ4v) is 7.14. The number of aromatic nitrogens is 2. The van der Waals surface area contributed by atoms with E-state index >= 15 is 13.2 Å². The summed E-state index contributed by atoms with van der Waals surface area (Å²) in [6, 6.07) is 32.8. The first-order valence-electron chi connectivity index (χ1n) is 15.3. The third kappa shape index (κ3) is 4.50. The van der Waals surface area contributed by atoms with Gasteiger partial charge in [-0.15, -0.1) is 0 Å². The number of fused-ring (bicyclic) bond motifs is 6. The number of nitrogens with zero attached hydrogens (tertiary/aromatic N) is 2. The highest BCUT2D eigenvalue weighted by Gasteiger charge is 2.42. The van der Waals surface area contributed by atoms with Crippen LogP contribution in [0.1, 0.15) is 22.3 Å². The molecule has 48 heavy (non-hydrogen) atoms. The van der Waals surface area contributed by atoms with Crippen molar-refractivity contribution in [1.29, 1.82) is 0 Å². The number of hydrogen-bond donors (Lipinski definition) is 0. The zero-order valence-corrected chi connectivity index (χ0v) is 25.7. The first-order chi connectivity index (χ1) is 22.9. The summed E-state index contributed by atoms with van der Waals surface area (Å²) >= 11 is 0. The molecule has 0 fully saturated rings. The van der Waals surface area contributed by atoms with Crippen molar-refractivity contribution in [3.63, 3.8) is 0 Å². The van der Waals surface area contributed by atoms with Gasteiger partial charge in [0.2, 0.25) is 0 Å². The molecule has 0 N–H and O–H groups in total. The minimum atomic E-state index is -4.99. The molecule has 2 nitrogen and oxygen atoms in total. The molecule has 0 aliphatic rings. The van der Waals surface area contributed by atoms with Gasteiger partial charge in [-0.3, -0.25) is 0 Å². The average Bonchev–Trinajstić information content (AvgIpc) is 3.55. The fourth-order valence-electron chi connectivity index (χ4n) is 7.14. The number of aryl methyl sites for hydroxylation is 2. The topological polar surface area (TPSA) is 9.86 Å². The lowest BCUT2D eigenvalue weighted by molar-refractivity contribution is -0.137. The summed E-state index contributed by atoms with van der Waals surface area (Å²) in [5.74, 6) is 0. The van der Waals surface area contributed by atoms with E-state index in [0.29, 0.717) is 32.8 Å². The van der Waals surface area contributed by atoms with E-state index in [-0.39, 0.29) is 22.5 Å². The van der Waals surface area contributed by atoms with Crippen LogP contribution in [0.4, 0.5) is 26.3 Å². The summed E-state index contributed by atoms with van der Waals surface area (Å²) in [5.41, 5.74) is 0.725. The van der Waals surface area contributed by atoms with Crippen LogP contribution in [0.2, 0.25) is 0 Å². The molecule has 0 atom stereocenters. The zero-order valence-electron chi connectivity index (χ0n) is 25.7. The van der Waals surface area contributed by atoms with Crippen LogP contribution >= 0.6 is 0 Å². The molecule has 0 saturated heterocycles. The minimum Gasteiger partial charge on any atom is -0.309 e. The first-order valence-corrected chi connectivity index (χ1v) is 15.3. The molecule has 8 rings (SSSR count). The Morgan fingerprint density at radius 1 is 0.438 bits per heavy atom. The van der Waals surface area contributed by atoms with Gasteiger partial charge in [-0.25, -0.2) is 0 Å². The molecule has 0 unspecified atom stereocenters. The maximum atomic E-state index is 16.0. The van der Waals surface area contributed by atoms with E-state index in [1.165, 1.54) is 34.9 Å². The molecule has 8 heteroatoms. The van der Waals surface area contributed by atoms with Crippen molar-refractivity contribution in [2.75, 3.05) is 0 Å². The average molecular weight is 649 g/mol. The van der Waals surface area contributed by atoms with Crippen LogP contribution < -0.4 is 0 Å². The second-order valence-electron chi connectivity index (χ2n) is 12.1. The predicted molar refractivity (Wildman–Crippen MR) is 180 cm³/mol. The molecular weight excluding hydrogens is 622 g/mol. The lowest BCUT2D eigenvalue weighted by Crippen LogP contribution is -2.17. The van der Waals surface area contributed by atoms with Crippen molar-refractivity contribution in [3.05, 3.63) is 144 Å². The Bertz CT molecular complexity index is 2560. The van der Waals surface area contributed by atoms with Gasteiger partial charge in [-0.2, -0.15) is 26.3 Å². The van der Waals surface area contributed by atoms with Crippen molar-refractivity contribution < 1.29 is 26.3 Å². The van der Waals surface area contributed by atoms with Gasteiger partial charge < -0.3 is 9.13 Å². The molecule has 6 aromatic carbocycles. The van der Waals surface area contributed by atoms with Gasteiger partial charge in [0.05, 0.1) is 39.0 Å². The molecule has 0 aliphatic carbocycles. The summed E-state index contributed by atoms with van der Waals surface area (Å²) in [5, 5.41) is 2.94. The highest BCUT2D eigenvalue weighted by molar-refractivity contribution is 6.11. The lowest BCUT2D eigenvalue weighted by atomic mass is 9.93. The van der Waals surface area contributed by atoms with E-state index in [1.54, 1.807) is 53.1 Å². The van der Waals surface area contributed by atoms with Gasteiger partial charge in [0.15, 0.2) is 0 Å². The smallest absolute Gasteiger partial charge is 0.309 e. The SMILES string of the molecule is Cc1ccc2c(c1)c1ccccc1n2-c1ccc(-c2ccccc2C(F)(F)F)c(-n2c3ccccc3c3cc(C)ccc32)c1C(F)(F)F. The predicted octanol–water partition coefficient (Wildman–Crippen LogP) is 12.2. The summed E-state index contributed by atoms with van der Waals surface area (Å²) < 4.78 is 94.7. The maximum Gasteiger partial charge on any atom is 0.420 e. The largest absolute Gasteiger partial charge is 0.420 e. The van der Waals surface area contributed by atoms with Gasteiger partial charge >= 0.3 is 12.4 Å². The number of rotatable bonds is 3. The Balaban J connectivity index is 1.63. The van der Waals surface area contributed by atoms with Crippen molar-refractivity contribution in [2.24, 2.45) is 0 Å². The van der Waals surface area contributed by atoms with Crippen molar-refractivity contribution in [2.45, 2.75) is 26.2 Å². The quantitative estimate of drug-likeness (QED) is 0.169. The number of halogens is 6. The summed E-state index contributed by atoms with van der Waals surface area (Å²) in [6.07, 6.45) is -9.80. The summed E-state index contributed by atoms with van der Waals surface area (Å²) in [6.45, 7) is 3.81. The normalized spacial score (nSPS) is 12.6. The standard InChI is InChI=1S/C40H26F6N2/c1-23-15-18-34-29(21-23)26-10-4-7-13-32(26)47(34)36-20-17-28(25-9-3-6-12-31(25)39(41,42)43)38(37(36)40(44,45)46)48-33-14-8-5-11-27(33)30-22-24(2)16-19-35(30)48/h3-22H,1-2H3. The fraction of sp³-hybridized carbons (Fsp3) is 0.100. The molecule has 0 bridgehead atoms. The monoisotopic (exact) mass is 648 g/mol. The van der Waals surface area contributed by atoms with E-state index in [0.717, 1.165) is 28.0 Å². The molecular formula is C40H26F6N2. The highest BCUT2D eigenvalue weighted by Crippen LogP contribution is 2.49. The second-order valence-corrected chi connectivity index (χ2v) is 12.1. The van der Waals surface area contributed by atoms with Crippen LogP contribution in [0.15, 0.2) is 121 Å². The van der Waals surface area contributed by atoms with E-state index < -0.39 is 23.5 Å². The third-order valence-corrected chi connectivity index (χ3v) is 9.08. The van der Waals surface area contributed by atoms with E-state index in [9.17, 15) is 13.2 Å². The zero-order chi connectivity index (χ0) is 33.5. The molecule has 2 heterocycles.